The summed E-state index contributed by atoms with van der Waals surface area (Å²) in [6.07, 6.45) is 0. The van der Waals surface area contributed by atoms with Gasteiger partial charge < -0.3 is 4.74 Å². The largest absolute Gasteiger partial charge is 0.489 e. The van der Waals surface area contributed by atoms with Gasteiger partial charge in [0.15, 0.2) is 0 Å². The van der Waals surface area contributed by atoms with E-state index in [0.29, 0.717) is 16.3 Å². The molecule has 0 aliphatic heterocycles. The van der Waals surface area contributed by atoms with Gasteiger partial charge in [-0.3, -0.25) is 0 Å². The first-order valence-electron chi connectivity index (χ1n) is 4.87. The molecule has 2 aromatic carbocycles. The van der Waals surface area contributed by atoms with Crippen LogP contribution in [0.25, 0.3) is 0 Å². The van der Waals surface area contributed by atoms with Gasteiger partial charge in [-0.2, -0.15) is 0 Å². The molecule has 0 saturated heterocycles. The van der Waals surface area contributed by atoms with Crippen LogP contribution in [0.4, 0.5) is 4.39 Å². The molecule has 2 rings (SSSR count). The lowest BCUT2D eigenvalue weighted by molar-refractivity contribution is 0.300. The van der Waals surface area contributed by atoms with Gasteiger partial charge in [0.25, 0.3) is 0 Å². The second-order valence-corrected chi connectivity index (χ2v) is 3.77. The van der Waals surface area contributed by atoms with E-state index in [-0.39, 0.29) is 12.4 Å². The van der Waals surface area contributed by atoms with Crippen LogP contribution >= 0.6 is 11.6 Å². The summed E-state index contributed by atoms with van der Waals surface area (Å²) in [6.45, 7) is 0.177. The summed E-state index contributed by atoms with van der Waals surface area (Å²) in [4.78, 5) is 0. The lowest BCUT2D eigenvalue weighted by Gasteiger charge is -2.07. The molecule has 0 aromatic heterocycles. The monoisotopic (exact) mass is 236 g/mol. The fourth-order valence-electron chi connectivity index (χ4n) is 1.33. The Bertz CT molecular complexity index is 471. The van der Waals surface area contributed by atoms with Crippen molar-refractivity contribution in [3.63, 3.8) is 0 Å². The van der Waals surface area contributed by atoms with Gasteiger partial charge in [-0.05, 0) is 30.3 Å². The molecule has 0 spiro atoms. The highest BCUT2D eigenvalue weighted by Gasteiger charge is 2.03. The summed E-state index contributed by atoms with van der Waals surface area (Å²) in [5, 5.41) is 0.507. The van der Waals surface area contributed by atoms with Crippen LogP contribution in [0.2, 0.25) is 5.02 Å². The van der Waals surface area contributed by atoms with Gasteiger partial charge in [0.1, 0.15) is 18.2 Å². The molecule has 0 fully saturated rings. The van der Waals surface area contributed by atoms with Gasteiger partial charge in [0.05, 0.1) is 0 Å². The van der Waals surface area contributed by atoms with E-state index in [1.807, 2.05) is 30.3 Å². The van der Waals surface area contributed by atoms with Gasteiger partial charge >= 0.3 is 0 Å². The minimum Gasteiger partial charge on any atom is -0.489 e. The molecule has 82 valence electrons. The first-order valence-corrected chi connectivity index (χ1v) is 5.25. The van der Waals surface area contributed by atoms with Gasteiger partial charge in [-0.15, -0.1) is 0 Å². The highest BCUT2D eigenvalue weighted by atomic mass is 35.5. The predicted molar refractivity (Wildman–Crippen MR) is 62.2 cm³/mol. The Hall–Kier alpha value is -1.54. The molecule has 0 radical (unpaired) electrons. The van der Waals surface area contributed by atoms with E-state index in [1.54, 1.807) is 6.07 Å². The van der Waals surface area contributed by atoms with Crippen molar-refractivity contribution in [3.05, 3.63) is 64.9 Å². The van der Waals surface area contributed by atoms with Crippen LogP contribution in [0.15, 0.2) is 48.5 Å². The number of benzene rings is 2. The fourth-order valence-corrected chi connectivity index (χ4v) is 1.53. The second kappa shape index (κ2) is 4.99. The van der Waals surface area contributed by atoms with Gasteiger partial charge in [0, 0.05) is 10.6 Å². The molecule has 0 bridgehead atoms. The lowest BCUT2D eigenvalue weighted by Crippen LogP contribution is -1.98. The Morgan fingerprint density at radius 3 is 2.56 bits per heavy atom. The maximum Gasteiger partial charge on any atom is 0.129 e. The van der Waals surface area contributed by atoms with Crippen molar-refractivity contribution in [2.45, 2.75) is 6.61 Å². The average molecular weight is 237 g/mol. The van der Waals surface area contributed by atoms with E-state index >= 15 is 0 Å². The van der Waals surface area contributed by atoms with E-state index in [4.69, 9.17) is 16.3 Å². The second-order valence-electron chi connectivity index (χ2n) is 3.34. The van der Waals surface area contributed by atoms with Crippen LogP contribution in [-0.4, -0.2) is 0 Å². The Morgan fingerprint density at radius 2 is 1.81 bits per heavy atom. The first kappa shape index (κ1) is 11.0. The van der Waals surface area contributed by atoms with E-state index in [2.05, 4.69) is 0 Å². The number of ether oxygens (including phenoxy) is 1. The first-order chi connectivity index (χ1) is 7.75. The van der Waals surface area contributed by atoms with Gasteiger partial charge in [-0.1, -0.05) is 29.8 Å². The van der Waals surface area contributed by atoms with Crippen molar-refractivity contribution in [1.29, 1.82) is 0 Å². The molecule has 1 nitrogen and oxygen atoms in total. The summed E-state index contributed by atoms with van der Waals surface area (Å²) in [5.74, 6) is 0.405. The molecule has 0 unspecified atom stereocenters. The lowest BCUT2D eigenvalue weighted by atomic mass is 10.2. The summed E-state index contributed by atoms with van der Waals surface area (Å²) in [7, 11) is 0. The third-order valence-electron chi connectivity index (χ3n) is 2.15. The molecule has 0 N–H and O–H groups in total. The molecule has 16 heavy (non-hydrogen) atoms. The molecule has 0 amide bonds. The van der Waals surface area contributed by atoms with Crippen LogP contribution in [-0.2, 0) is 6.61 Å². The van der Waals surface area contributed by atoms with Crippen molar-refractivity contribution < 1.29 is 9.13 Å². The van der Waals surface area contributed by atoms with Gasteiger partial charge in [0.2, 0.25) is 0 Å². The zero-order valence-corrected chi connectivity index (χ0v) is 9.25. The van der Waals surface area contributed by atoms with E-state index in [1.165, 1.54) is 12.1 Å². The Balaban J connectivity index is 2.08. The van der Waals surface area contributed by atoms with Crippen molar-refractivity contribution in [2.24, 2.45) is 0 Å². The Kier molecular flexibility index (Phi) is 3.42. The van der Waals surface area contributed by atoms with Crippen molar-refractivity contribution in [2.75, 3.05) is 0 Å². The SMILES string of the molecule is Fc1ccc(Cl)cc1COc1ccccc1. The van der Waals surface area contributed by atoms with Gasteiger partial charge in [-0.25, -0.2) is 4.39 Å². The average Bonchev–Trinajstić information content (AvgIpc) is 2.32. The number of rotatable bonds is 3. The zero-order valence-electron chi connectivity index (χ0n) is 8.49. The third kappa shape index (κ3) is 2.74. The number of halogens is 2. The molecule has 0 aliphatic carbocycles. The smallest absolute Gasteiger partial charge is 0.129 e. The summed E-state index contributed by atoms with van der Waals surface area (Å²) in [6, 6.07) is 13.7. The van der Waals surface area contributed by atoms with Crippen LogP contribution < -0.4 is 4.74 Å². The number of hydrogen-bond donors (Lipinski definition) is 0. The minimum absolute atomic E-state index is 0.177. The third-order valence-corrected chi connectivity index (χ3v) is 2.38. The maximum absolute atomic E-state index is 13.3. The zero-order chi connectivity index (χ0) is 11.4. The topological polar surface area (TPSA) is 9.23 Å². The predicted octanol–water partition coefficient (Wildman–Crippen LogP) is 4.06. The Labute approximate surface area is 98.4 Å². The van der Waals surface area contributed by atoms with E-state index in [0.717, 1.165) is 0 Å². The molecule has 3 heteroatoms. The summed E-state index contributed by atoms with van der Waals surface area (Å²) < 4.78 is 18.8. The Morgan fingerprint density at radius 1 is 1.06 bits per heavy atom. The number of para-hydroxylation sites is 1. The van der Waals surface area contributed by atoms with Crippen LogP contribution in [0.1, 0.15) is 5.56 Å². The fraction of sp³-hybridized carbons (Fsp3) is 0.0769. The quantitative estimate of drug-likeness (QED) is 0.781. The van der Waals surface area contributed by atoms with E-state index < -0.39 is 0 Å². The standard InChI is InChI=1S/C13H10ClFO/c14-11-6-7-13(15)10(8-11)9-16-12-4-2-1-3-5-12/h1-8H,9H2. The van der Waals surface area contributed by atoms with Crippen LogP contribution in [0.5, 0.6) is 5.75 Å². The summed E-state index contributed by atoms with van der Waals surface area (Å²) in [5.41, 5.74) is 0.455. The van der Waals surface area contributed by atoms with Crippen molar-refractivity contribution >= 4 is 11.6 Å². The maximum atomic E-state index is 13.3. The minimum atomic E-state index is -0.305. The van der Waals surface area contributed by atoms with Crippen LogP contribution in [0.3, 0.4) is 0 Å². The number of hydrogen-bond acceptors (Lipinski definition) is 1. The molecule has 0 atom stereocenters. The molecular weight excluding hydrogens is 227 g/mol. The highest BCUT2D eigenvalue weighted by Crippen LogP contribution is 2.17. The van der Waals surface area contributed by atoms with Crippen LogP contribution in [0, 0.1) is 5.82 Å². The van der Waals surface area contributed by atoms with E-state index in [9.17, 15) is 4.39 Å². The molecule has 2 aromatic rings. The highest BCUT2D eigenvalue weighted by molar-refractivity contribution is 6.30. The van der Waals surface area contributed by atoms with Crippen molar-refractivity contribution in [1.82, 2.24) is 0 Å². The van der Waals surface area contributed by atoms with Crippen molar-refractivity contribution in [3.8, 4) is 5.75 Å². The molecular formula is C13H10ClFO. The molecule has 0 saturated carbocycles. The molecule has 0 heterocycles. The normalized spacial score (nSPS) is 10.1. The summed E-state index contributed by atoms with van der Waals surface area (Å²) >= 11 is 5.78. The molecule has 0 aliphatic rings.